The summed E-state index contributed by atoms with van der Waals surface area (Å²) in [5.74, 6) is 0.530. The van der Waals surface area contributed by atoms with Crippen LogP contribution in [0.25, 0.3) is 0 Å². The van der Waals surface area contributed by atoms with Crippen molar-refractivity contribution in [1.82, 2.24) is 4.98 Å². The highest BCUT2D eigenvalue weighted by Crippen LogP contribution is 2.12. The van der Waals surface area contributed by atoms with E-state index < -0.39 is 0 Å². The lowest BCUT2D eigenvalue weighted by molar-refractivity contribution is -0.115. The van der Waals surface area contributed by atoms with Gasteiger partial charge in [0.2, 0.25) is 5.91 Å². The van der Waals surface area contributed by atoms with E-state index in [9.17, 15) is 4.79 Å². The number of pyridine rings is 1. The van der Waals surface area contributed by atoms with Crippen LogP contribution in [-0.4, -0.2) is 10.9 Å². The molecule has 1 N–H and O–H groups in total. The summed E-state index contributed by atoms with van der Waals surface area (Å²) >= 11 is 4.86. The molecule has 0 aliphatic heterocycles. The van der Waals surface area contributed by atoms with Gasteiger partial charge in [0.25, 0.3) is 0 Å². The number of halogens is 1. The largest absolute Gasteiger partial charge is 0.310 e. The Hall–Kier alpha value is -1.20. The molecule has 0 fully saturated rings. The van der Waals surface area contributed by atoms with Crippen LogP contribution in [-0.2, 0) is 11.2 Å². The summed E-state index contributed by atoms with van der Waals surface area (Å²) in [7, 11) is 0. The molecule has 0 aromatic carbocycles. The number of carbonyl (C=O) groups excluding carboxylic acids is 1. The first-order chi connectivity index (χ1) is 7.74. The van der Waals surface area contributed by atoms with Gasteiger partial charge in [-0.05, 0) is 39.5 Å². The molecule has 0 unspecified atom stereocenters. The highest BCUT2D eigenvalue weighted by atomic mass is 79.9. The Bertz CT molecular complexity index is 467. The predicted octanol–water partition coefficient (Wildman–Crippen LogP) is 3.09. The molecule has 5 heteroatoms. The average molecular weight is 297 g/mol. The zero-order valence-electron chi connectivity index (χ0n) is 8.31. The Balaban J connectivity index is 1.95. The molecule has 16 heavy (non-hydrogen) atoms. The minimum atomic E-state index is -0.0442. The molecular weight excluding hydrogens is 288 g/mol. The molecule has 2 aromatic rings. The van der Waals surface area contributed by atoms with Crippen LogP contribution in [0.3, 0.4) is 0 Å². The second-order valence-electron chi connectivity index (χ2n) is 3.17. The number of nitrogens with zero attached hydrogens (tertiary/aromatic N) is 1. The molecule has 2 rings (SSSR count). The van der Waals surface area contributed by atoms with Gasteiger partial charge in [0, 0.05) is 15.5 Å². The highest BCUT2D eigenvalue weighted by molar-refractivity contribution is 9.10. The van der Waals surface area contributed by atoms with E-state index in [0.717, 1.165) is 9.35 Å². The van der Waals surface area contributed by atoms with Gasteiger partial charge in [-0.25, -0.2) is 4.98 Å². The SMILES string of the molecule is O=C(Cc1cccs1)Nc1ccc(Br)cn1. The predicted molar refractivity (Wildman–Crippen MR) is 68.6 cm³/mol. The van der Waals surface area contributed by atoms with Gasteiger partial charge >= 0.3 is 0 Å². The van der Waals surface area contributed by atoms with Gasteiger partial charge in [0.1, 0.15) is 5.82 Å². The Kier molecular flexibility index (Phi) is 3.69. The zero-order chi connectivity index (χ0) is 11.4. The van der Waals surface area contributed by atoms with E-state index in [1.54, 1.807) is 23.6 Å². The molecule has 0 spiro atoms. The quantitative estimate of drug-likeness (QED) is 0.946. The molecule has 0 aliphatic carbocycles. The second-order valence-corrected chi connectivity index (χ2v) is 5.11. The van der Waals surface area contributed by atoms with Gasteiger partial charge in [-0.3, -0.25) is 4.79 Å². The highest BCUT2D eigenvalue weighted by Gasteiger charge is 2.05. The lowest BCUT2D eigenvalue weighted by Gasteiger charge is -2.02. The Labute approximate surface area is 106 Å². The molecule has 0 radical (unpaired) electrons. The number of thiophene rings is 1. The van der Waals surface area contributed by atoms with Crippen LogP contribution in [0.15, 0.2) is 40.3 Å². The van der Waals surface area contributed by atoms with Gasteiger partial charge in [-0.2, -0.15) is 0 Å². The Morgan fingerprint density at radius 1 is 1.44 bits per heavy atom. The Morgan fingerprint density at radius 3 is 2.94 bits per heavy atom. The van der Waals surface area contributed by atoms with Gasteiger partial charge in [-0.15, -0.1) is 11.3 Å². The number of aromatic nitrogens is 1. The molecule has 2 aromatic heterocycles. The monoisotopic (exact) mass is 296 g/mol. The van der Waals surface area contributed by atoms with Crippen molar-refractivity contribution in [1.29, 1.82) is 0 Å². The fraction of sp³-hybridized carbons (Fsp3) is 0.0909. The number of amides is 1. The van der Waals surface area contributed by atoms with E-state index in [2.05, 4.69) is 26.2 Å². The molecule has 0 atom stereocenters. The summed E-state index contributed by atoms with van der Waals surface area (Å²) in [6.07, 6.45) is 2.05. The summed E-state index contributed by atoms with van der Waals surface area (Å²) in [6.45, 7) is 0. The van der Waals surface area contributed by atoms with E-state index in [4.69, 9.17) is 0 Å². The summed E-state index contributed by atoms with van der Waals surface area (Å²) in [6, 6.07) is 7.48. The third kappa shape index (κ3) is 3.15. The standard InChI is InChI=1S/C11H9BrN2OS/c12-8-3-4-10(13-7-8)14-11(15)6-9-2-1-5-16-9/h1-5,7H,6H2,(H,13,14,15). The maximum absolute atomic E-state index is 11.6. The third-order valence-electron chi connectivity index (χ3n) is 1.91. The third-order valence-corrected chi connectivity index (χ3v) is 3.26. The van der Waals surface area contributed by atoms with Gasteiger partial charge in [-0.1, -0.05) is 6.07 Å². The van der Waals surface area contributed by atoms with Crippen LogP contribution in [0.2, 0.25) is 0 Å². The molecule has 0 aliphatic rings. The van der Waals surface area contributed by atoms with Gasteiger partial charge < -0.3 is 5.32 Å². The van der Waals surface area contributed by atoms with Crippen LogP contribution in [0.5, 0.6) is 0 Å². The fourth-order valence-electron chi connectivity index (χ4n) is 1.21. The molecule has 0 saturated carbocycles. The van der Waals surface area contributed by atoms with Crippen LogP contribution < -0.4 is 5.32 Å². The van der Waals surface area contributed by atoms with Crippen molar-refractivity contribution in [3.8, 4) is 0 Å². The van der Waals surface area contributed by atoms with Crippen molar-refractivity contribution >= 4 is 39.0 Å². The number of nitrogens with one attached hydrogen (secondary N) is 1. The van der Waals surface area contributed by atoms with Crippen molar-refractivity contribution in [2.24, 2.45) is 0 Å². The second kappa shape index (κ2) is 5.23. The summed E-state index contributed by atoms with van der Waals surface area (Å²) in [5, 5.41) is 4.70. The van der Waals surface area contributed by atoms with Gasteiger partial charge in [0.05, 0.1) is 6.42 Å². The fourth-order valence-corrected chi connectivity index (χ4v) is 2.15. The van der Waals surface area contributed by atoms with Crippen molar-refractivity contribution in [3.63, 3.8) is 0 Å². The van der Waals surface area contributed by atoms with E-state index >= 15 is 0 Å². The van der Waals surface area contributed by atoms with Gasteiger partial charge in [0.15, 0.2) is 0 Å². The first-order valence-corrected chi connectivity index (χ1v) is 6.35. The minimum absolute atomic E-state index is 0.0442. The van der Waals surface area contributed by atoms with E-state index in [1.807, 2.05) is 23.6 Å². The van der Waals surface area contributed by atoms with E-state index in [1.165, 1.54) is 0 Å². The van der Waals surface area contributed by atoms with Crippen LogP contribution in [0.4, 0.5) is 5.82 Å². The maximum atomic E-state index is 11.6. The molecule has 0 saturated heterocycles. The lowest BCUT2D eigenvalue weighted by atomic mass is 10.3. The molecular formula is C11H9BrN2OS. The number of rotatable bonds is 3. The minimum Gasteiger partial charge on any atom is -0.310 e. The number of hydrogen-bond acceptors (Lipinski definition) is 3. The summed E-state index contributed by atoms with van der Waals surface area (Å²) in [4.78, 5) is 16.7. The van der Waals surface area contributed by atoms with Crippen molar-refractivity contribution in [2.45, 2.75) is 6.42 Å². The van der Waals surface area contributed by atoms with Crippen LogP contribution >= 0.6 is 27.3 Å². The van der Waals surface area contributed by atoms with Crippen molar-refractivity contribution in [3.05, 3.63) is 45.2 Å². The first-order valence-electron chi connectivity index (χ1n) is 4.68. The number of carbonyl (C=O) groups is 1. The molecule has 3 nitrogen and oxygen atoms in total. The van der Waals surface area contributed by atoms with Crippen LogP contribution in [0, 0.1) is 0 Å². The smallest absolute Gasteiger partial charge is 0.230 e. The number of anilines is 1. The normalized spacial score (nSPS) is 10.1. The summed E-state index contributed by atoms with van der Waals surface area (Å²) < 4.78 is 0.892. The zero-order valence-corrected chi connectivity index (χ0v) is 10.7. The average Bonchev–Trinajstić information content (AvgIpc) is 2.74. The molecule has 2 heterocycles. The summed E-state index contributed by atoms with van der Waals surface area (Å²) in [5.41, 5.74) is 0. The number of hydrogen-bond donors (Lipinski definition) is 1. The maximum Gasteiger partial charge on any atom is 0.230 e. The lowest BCUT2D eigenvalue weighted by Crippen LogP contribution is -2.14. The topological polar surface area (TPSA) is 42.0 Å². The van der Waals surface area contributed by atoms with Crippen molar-refractivity contribution in [2.75, 3.05) is 5.32 Å². The first kappa shape index (κ1) is 11.3. The van der Waals surface area contributed by atoms with E-state index in [-0.39, 0.29) is 5.91 Å². The van der Waals surface area contributed by atoms with Crippen molar-refractivity contribution < 1.29 is 4.79 Å². The molecule has 0 bridgehead atoms. The molecule has 82 valence electrons. The molecule has 1 amide bonds. The van der Waals surface area contributed by atoms with E-state index in [0.29, 0.717) is 12.2 Å². The van der Waals surface area contributed by atoms with Crippen LogP contribution in [0.1, 0.15) is 4.88 Å². The Morgan fingerprint density at radius 2 is 2.31 bits per heavy atom.